The molecule has 0 amide bonds. The molecular formula is C11H14N6. The van der Waals surface area contributed by atoms with Gasteiger partial charge in [0, 0.05) is 19.3 Å². The molecule has 1 aliphatic rings. The summed E-state index contributed by atoms with van der Waals surface area (Å²) in [5, 5.41) is 4.11. The summed E-state index contributed by atoms with van der Waals surface area (Å²) in [4.78, 5) is 11.0. The molecule has 0 bridgehead atoms. The number of hydrogen-bond acceptors (Lipinski definition) is 5. The maximum atomic E-state index is 5.60. The molecule has 6 nitrogen and oxygen atoms in total. The minimum absolute atomic E-state index is 0.602. The Hall–Kier alpha value is -2.11. The van der Waals surface area contributed by atoms with Gasteiger partial charge in [0.2, 0.25) is 0 Å². The first-order chi connectivity index (χ1) is 8.31. The largest absolute Gasteiger partial charge is 0.396 e. The number of anilines is 2. The molecular weight excluding hydrogens is 216 g/mol. The van der Waals surface area contributed by atoms with E-state index in [1.807, 2.05) is 6.20 Å². The molecule has 0 aromatic carbocycles. The monoisotopic (exact) mass is 230 g/mol. The number of nitrogens with two attached hydrogens (primary N) is 1. The van der Waals surface area contributed by atoms with Crippen molar-refractivity contribution in [2.45, 2.75) is 13.0 Å². The first kappa shape index (κ1) is 10.1. The molecule has 88 valence electrons. The van der Waals surface area contributed by atoms with Crippen molar-refractivity contribution in [3.05, 3.63) is 30.5 Å². The van der Waals surface area contributed by atoms with Gasteiger partial charge in [0.05, 0.1) is 36.5 Å². The van der Waals surface area contributed by atoms with Crippen LogP contribution in [0.5, 0.6) is 0 Å². The van der Waals surface area contributed by atoms with Crippen molar-refractivity contribution in [2.75, 3.05) is 23.7 Å². The van der Waals surface area contributed by atoms with E-state index in [0.717, 1.165) is 24.6 Å². The van der Waals surface area contributed by atoms with Gasteiger partial charge in [-0.3, -0.25) is 9.67 Å². The predicted molar refractivity (Wildman–Crippen MR) is 64.6 cm³/mol. The molecule has 0 unspecified atom stereocenters. The van der Waals surface area contributed by atoms with Crippen molar-refractivity contribution in [1.29, 1.82) is 0 Å². The summed E-state index contributed by atoms with van der Waals surface area (Å²) < 4.78 is 1.75. The molecule has 1 aliphatic heterocycles. The quantitative estimate of drug-likeness (QED) is 0.832. The van der Waals surface area contributed by atoms with Gasteiger partial charge in [0.25, 0.3) is 0 Å². The van der Waals surface area contributed by atoms with E-state index in [9.17, 15) is 0 Å². The molecule has 0 radical (unpaired) electrons. The van der Waals surface area contributed by atoms with Crippen molar-refractivity contribution < 1.29 is 0 Å². The highest BCUT2D eigenvalue weighted by molar-refractivity contribution is 5.38. The second kappa shape index (κ2) is 4.04. The van der Waals surface area contributed by atoms with Crippen LogP contribution < -0.4 is 10.6 Å². The molecule has 0 atom stereocenters. The lowest BCUT2D eigenvalue weighted by molar-refractivity contribution is 0.605. The van der Waals surface area contributed by atoms with Crippen LogP contribution in [0.15, 0.2) is 24.8 Å². The van der Waals surface area contributed by atoms with E-state index in [1.54, 1.807) is 23.3 Å². The van der Waals surface area contributed by atoms with Crippen molar-refractivity contribution in [2.24, 2.45) is 0 Å². The van der Waals surface area contributed by atoms with Crippen LogP contribution in [-0.4, -0.2) is 32.8 Å². The van der Waals surface area contributed by atoms with Gasteiger partial charge in [0.1, 0.15) is 5.82 Å². The zero-order valence-corrected chi connectivity index (χ0v) is 9.45. The fraction of sp³-hybridized carbons (Fsp3) is 0.364. The highest BCUT2D eigenvalue weighted by Gasteiger charge is 2.15. The van der Waals surface area contributed by atoms with Crippen LogP contribution in [0.3, 0.4) is 0 Å². The second-order valence-electron chi connectivity index (χ2n) is 4.18. The molecule has 1 saturated heterocycles. The summed E-state index contributed by atoms with van der Waals surface area (Å²) in [5.74, 6) is 0.958. The van der Waals surface area contributed by atoms with E-state index in [2.05, 4.69) is 20.0 Å². The minimum Gasteiger partial charge on any atom is -0.396 e. The van der Waals surface area contributed by atoms with Crippen molar-refractivity contribution in [1.82, 2.24) is 19.7 Å². The van der Waals surface area contributed by atoms with Crippen molar-refractivity contribution in [3.63, 3.8) is 0 Å². The average Bonchev–Trinajstić information content (AvgIpc) is 2.64. The number of hydrogen-bond donors (Lipinski definition) is 1. The third-order valence-electron chi connectivity index (χ3n) is 2.85. The van der Waals surface area contributed by atoms with Crippen LogP contribution in [0.4, 0.5) is 11.5 Å². The van der Waals surface area contributed by atoms with E-state index in [4.69, 9.17) is 5.73 Å². The van der Waals surface area contributed by atoms with Crippen molar-refractivity contribution >= 4 is 11.5 Å². The summed E-state index contributed by atoms with van der Waals surface area (Å²) in [7, 11) is 0. The highest BCUT2D eigenvalue weighted by atomic mass is 15.3. The Morgan fingerprint density at radius 2 is 2.06 bits per heavy atom. The molecule has 3 heterocycles. The van der Waals surface area contributed by atoms with Gasteiger partial charge in [-0.05, 0) is 6.42 Å². The van der Waals surface area contributed by atoms with Gasteiger partial charge in [0.15, 0.2) is 0 Å². The Labute approximate surface area is 99.1 Å². The summed E-state index contributed by atoms with van der Waals surface area (Å²) in [6, 6.07) is 0. The SMILES string of the molecule is Nc1cnn(Cc2cnc(N3CCC3)cn2)c1. The summed E-state index contributed by atoms with van der Waals surface area (Å²) in [5.41, 5.74) is 7.14. The van der Waals surface area contributed by atoms with Gasteiger partial charge < -0.3 is 10.6 Å². The lowest BCUT2D eigenvalue weighted by Crippen LogP contribution is -2.37. The molecule has 3 rings (SSSR count). The van der Waals surface area contributed by atoms with Gasteiger partial charge in [-0.15, -0.1) is 0 Å². The normalized spacial score (nSPS) is 14.7. The second-order valence-corrected chi connectivity index (χ2v) is 4.18. The molecule has 2 aromatic heterocycles. The maximum Gasteiger partial charge on any atom is 0.147 e. The molecule has 1 fully saturated rings. The van der Waals surface area contributed by atoms with Gasteiger partial charge in [-0.1, -0.05) is 0 Å². The van der Waals surface area contributed by atoms with Gasteiger partial charge in [-0.2, -0.15) is 5.10 Å². The van der Waals surface area contributed by atoms with E-state index in [0.29, 0.717) is 12.2 Å². The van der Waals surface area contributed by atoms with Crippen molar-refractivity contribution in [3.8, 4) is 0 Å². The smallest absolute Gasteiger partial charge is 0.147 e. The predicted octanol–water partition coefficient (Wildman–Crippen LogP) is 0.514. The third-order valence-corrected chi connectivity index (χ3v) is 2.85. The Balaban J connectivity index is 1.71. The molecule has 0 aliphatic carbocycles. The molecule has 2 aromatic rings. The lowest BCUT2D eigenvalue weighted by Gasteiger charge is -2.31. The Morgan fingerprint density at radius 3 is 2.59 bits per heavy atom. The first-order valence-corrected chi connectivity index (χ1v) is 5.65. The molecule has 2 N–H and O–H groups in total. The number of rotatable bonds is 3. The van der Waals surface area contributed by atoms with Crippen LogP contribution in [0, 0.1) is 0 Å². The zero-order chi connectivity index (χ0) is 11.7. The van der Waals surface area contributed by atoms with Gasteiger partial charge in [-0.25, -0.2) is 4.98 Å². The summed E-state index contributed by atoms with van der Waals surface area (Å²) >= 11 is 0. The molecule has 0 spiro atoms. The Morgan fingerprint density at radius 1 is 1.18 bits per heavy atom. The fourth-order valence-corrected chi connectivity index (χ4v) is 1.77. The van der Waals surface area contributed by atoms with Crippen LogP contribution in [0.2, 0.25) is 0 Å². The average molecular weight is 230 g/mol. The van der Waals surface area contributed by atoms with Crippen LogP contribution in [0.1, 0.15) is 12.1 Å². The van der Waals surface area contributed by atoms with E-state index in [-0.39, 0.29) is 0 Å². The summed E-state index contributed by atoms with van der Waals surface area (Å²) in [6.45, 7) is 2.78. The summed E-state index contributed by atoms with van der Waals surface area (Å²) in [6.07, 6.45) is 8.27. The number of nitrogens with zero attached hydrogens (tertiary/aromatic N) is 5. The lowest BCUT2D eigenvalue weighted by atomic mass is 10.2. The fourth-order valence-electron chi connectivity index (χ4n) is 1.77. The Kier molecular flexibility index (Phi) is 2.40. The highest BCUT2D eigenvalue weighted by Crippen LogP contribution is 2.16. The van der Waals surface area contributed by atoms with E-state index in [1.165, 1.54) is 6.42 Å². The van der Waals surface area contributed by atoms with Crippen LogP contribution >= 0.6 is 0 Å². The number of nitrogen functional groups attached to an aromatic ring is 1. The molecule has 0 saturated carbocycles. The minimum atomic E-state index is 0.602. The maximum absolute atomic E-state index is 5.60. The topological polar surface area (TPSA) is 72.9 Å². The molecule has 17 heavy (non-hydrogen) atoms. The zero-order valence-electron chi connectivity index (χ0n) is 9.45. The first-order valence-electron chi connectivity index (χ1n) is 5.65. The molecule has 6 heteroatoms. The van der Waals surface area contributed by atoms with E-state index < -0.39 is 0 Å². The van der Waals surface area contributed by atoms with Crippen LogP contribution in [-0.2, 0) is 6.54 Å². The third kappa shape index (κ3) is 2.06. The Bertz CT molecular complexity index is 499. The van der Waals surface area contributed by atoms with Gasteiger partial charge >= 0.3 is 0 Å². The standard InChI is InChI=1S/C11H14N6/c12-9-4-15-17(7-9)8-10-5-14-11(6-13-10)16-2-1-3-16/h4-7H,1-3,8,12H2. The number of aromatic nitrogens is 4. The van der Waals surface area contributed by atoms with E-state index >= 15 is 0 Å². The van der Waals surface area contributed by atoms with Crippen LogP contribution in [0.25, 0.3) is 0 Å².